The predicted octanol–water partition coefficient (Wildman–Crippen LogP) is 13.6. The van der Waals surface area contributed by atoms with Crippen molar-refractivity contribution in [2.24, 2.45) is 0 Å². The highest BCUT2D eigenvalue weighted by molar-refractivity contribution is 7.26. The molecule has 0 saturated carbocycles. The maximum atomic E-state index is 5.62. The van der Waals surface area contributed by atoms with Crippen LogP contribution in [0.2, 0.25) is 0 Å². The van der Waals surface area contributed by atoms with Crippen molar-refractivity contribution in [2.75, 3.05) is 0 Å². The molecular weight excluding hydrogens is 689 g/mol. The highest BCUT2D eigenvalue weighted by atomic mass is 32.1. The van der Waals surface area contributed by atoms with Gasteiger partial charge in [-0.05, 0) is 40.8 Å². The molecule has 0 aliphatic heterocycles. The predicted molar refractivity (Wildman–Crippen MR) is 232 cm³/mol. The van der Waals surface area contributed by atoms with Crippen molar-refractivity contribution >= 4 is 102 Å². The first-order valence-corrected chi connectivity index (χ1v) is 19.5. The molecule has 5 aromatic heterocycles. The highest BCUT2D eigenvalue weighted by Gasteiger charge is 2.27. The third-order valence-corrected chi connectivity index (χ3v) is 12.8. The van der Waals surface area contributed by atoms with E-state index in [1.165, 1.54) is 81.0 Å². The Morgan fingerprint density at radius 1 is 0.418 bits per heavy atom. The van der Waals surface area contributed by atoms with Gasteiger partial charge in [0.05, 0.1) is 37.8 Å². The van der Waals surface area contributed by atoms with Crippen molar-refractivity contribution in [1.82, 2.24) is 18.9 Å². The second kappa shape index (κ2) is 10.8. The molecule has 13 rings (SSSR count). The van der Waals surface area contributed by atoms with Crippen LogP contribution >= 0.6 is 11.3 Å². The first-order chi connectivity index (χ1) is 27.3. The summed E-state index contributed by atoms with van der Waals surface area (Å²) >= 11 is 1.78. The van der Waals surface area contributed by atoms with Gasteiger partial charge in [-0.3, -0.25) is 4.57 Å². The first kappa shape index (κ1) is 29.4. The molecule has 55 heavy (non-hydrogen) atoms. The van der Waals surface area contributed by atoms with Crippen molar-refractivity contribution in [3.63, 3.8) is 0 Å². The number of hydrogen-bond donors (Lipinski definition) is 0. The molecule has 0 saturated heterocycles. The second-order valence-corrected chi connectivity index (χ2v) is 15.6. The van der Waals surface area contributed by atoms with Gasteiger partial charge < -0.3 is 4.40 Å². The van der Waals surface area contributed by atoms with Crippen LogP contribution in [0, 0.1) is 0 Å². The van der Waals surface area contributed by atoms with E-state index in [4.69, 9.17) is 9.97 Å². The van der Waals surface area contributed by atoms with Crippen molar-refractivity contribution in [2.45, 2.75) is 0 Å². The molecule has 0 spiro atoms. The molecular formula is C50H28N4S. The van der Waals surface area contributed by atoms with E-state index < -0.39 is 0 Å². The van der Waals surface area contributed by atoms with Crippen LogP contribution in [0.25, 0.3) is 119 Å². The highest BCUT2D eigenvalue weighted by Crippen LogP contribution is 2.49. The zero-order valence-electron chi connectivity index (χ0n) is 29.4. The summed E-state index contributed by atoms with van der Waals surface area (Å²) in [5.74, 6) is 1.62. The van der Waals surface area contributed by atoms with Gasteiger partial charge in [-0.1, -0.05) is 146 Å². The Hall–Kier alpha value is -7.08. The molecule has 0 unspecified atom stereocenters. The lowest BCUT2D eigenvalue weighted by Gasteiger charge is -2.12. The van der Waals surface area contributed by atoms with Gasteiger partial charge in [-0.25, -0.2) is 9.97 Å². The van der Waals surface area contributed by atoms with Gasteiger partial charge in [0.2, 0.25) is 0 Å². The zero-order valence-corrected chi connectivity index (χ0v) is 30.2. The van der Waals surface area contributed by atoms with Crippen LogP contribution in [-0.2, 0) is 0 Å². The Morgan fingerprint density at radius 3 is 1.91 bits per heavy atom. The fraction of sp³-hybridized carbons (Fsp3) is 0. The summed E-state index contributed by atoms with van der Waals surface area (Å²) in [6.07, 6.45) is 0. The Kier molecular flexibility index (Phi) is 5.74. The number of hydrogen-bond acceptors (Lipinski definition) is 3. The van der Waals surface area contributed by atoms with Gasteiger partial charge in [-0.15, -0.1) is 11.3 Å². The summed E-state index contributed by atoms with van der Waals surface area (Å²) in [5, 5.41) is 11.1. The first-order valence-electron chi connectivity index (χ1n) is 18.7. The number of aromatic nitrogens is 4. The average Bonchev–Trinajstić information content (AvgIpc) is 3.99. The van der Waals surface area contributed by atoms with Crippen LogP contribution in [0.5, 0.6) is 0 Å². The van der Waals surface area contributed by atoms with Crippen molar-refractivity contribution in [3.8, 4) is 28.3 Å². The summed E-state index contributed by atoms with van der Waals surface area (Å²) in [4.78, 5) is 11.0. The van der Waals surface area contributed by atoms with Crippen LogP contribution in [0.3, 0.4) is 0 Å². The van der Waals surface area contributed by atoms with Gasteiger partial charge in [-0.2, -0.15) is 0 Å². The number of benzene rings is 8. The Balaban J connectivity index is 1.23. The van der Waals surface area contributed by atoms with Crippen LogP contribution in [-0.4, -0.2) is 18.9 Å². The monoisotopic (exact) mass is 716 g/mol. The number of fused-ring (bicyclic) bond motifs is 15. The normalized spacial score (nSPS) is 12.4. The van der Waals surface area contributed by atoms with Crippen molar-refractivity contribution in [3.05, 3.63) is 170 Å². The van der Waals surface area contributed by atoms with E-state index in [9.17, 15) is 0 Å². The van der Waals surface area contributed by atoms with E-state index in [2.05, 4.69) is 179 Å². The number of rotatable bonds is 3. The van der Waals surface area contributed by atoms with Crippen LogP contribution in [0.4, 0.5) is 0 Å². The summed E-state index contributed by atoms with van der Waals surface area (Å²) in [5.41, 5.74) is 10.4. The standard InChI is InChI=1S/C50H28N4S/c1-2-12-29(13-3-1)30-22-24-32(25-23-30)49-51-45-36-18-8-11-21-42(36)55-48(45)50(52-49)54-41-28-38-34-16-6-9-19-39(34)53-40-20-10-7-17-35(40)44(47(38)53)43(41)37-27-26-31-14-4-5-15-33(31)46(37)54/h1-28H. The molecule has 5 heteroatoms. The largest absolute Gasteiger partial charge is 0.308 e. The van der Waals surface area contributed by atoms with E-state index in [1.807, 2.05) is 0 Å². The van der Waals surface area contributed by atoms with Gasteiger partial charge in [0.25, 0.3) is 0 Å². The molecule has 0 aliphatic carbocycles. The fourth-order valence-corrected chi connectivity index (χ4v) is 10.4. The number of para-hydroxylation sites is 2. The molecule has 0 bridgehead atoms. The SMILES string of the molecule is c1ccc(-c2ccc(-c3nc(-n4c5cc6c7ccccc7n7c8ccccc8c(c5c5ccc8ccccc8c54)c67)c4sc5ccccc5c4n3)cc2)cc1. The molecule has 0 aliphatic rings. The molecule has 0 N–H and O–H groups in total. The number of nitrogens with zero attached hydrogens (tertiary/aromatic N) is 4. The van der Waals surface area contributed by atoms with Crippen molar-refractivity contribution in [1.29, 1.82) is 0 Å². The quantitative estimate of drug-likeness (QED) is 0.182. The van der Waals surface area contributed by atoms with E-state index in [0.717, 1.165) is 32.5 Å². The number of thiophene rings is 1. The van der Waals surface area contributed by atoms with E-state index in [-0.39, 0.29) is 0 Å². The second-order valence-electron chi connectivity index (χ2n) is 14.5. The molecule has 13 aromatic rings. The molecule has 0 radical (unpaired) electrons. The van der Waals surface area contributed by atoms with Gasteiger partial charge in [0.15, 0.2) is 11.6 Å². The maximum Gasteiger partial charge on any atom is 0.162 e. The Bertz CT molecular complexity index is 3700. The van der Waals surface area contributed by atoms with E-state index in [0.29, 0.717) is 5.82 Å². The van der Waals surface area contributed by atoms with Crippen LogP contribution in [0.1, 0.15) is 0 Å². The zero-order chi connectivity index (χ0) is 35.8. The lowest BCUT2D eigenvalue weighted by molar-refractivity contribution is 1.09. The molecule has 0 atom stereocenters. The summed E-state index contributed by atoms with van der Waals surface area (Å²) in [6, 6.07) is 61.4. The molecule has 8 aromatic carbocycles. The maximum absolute atomic E-state index is 5.62. The molecule has 4 nitrogen and oxygen atoms in total. The average molecular weight is 717 g/mol. The van der Waals surface area contributed by atoms with Gasteiger partial charge >= 0.3 is 0 Å². The topological polar surface area (TPSA) is 35.1 Å². The summed E-state index contributed by atoms with van der Waals surface area (Å²) in [7, 11) is 0. The molecule has 5 heterocycles. The third-order valence-electron chi connectivity index (χ3n) is 11.7. The Labute approximate surface area is 318 Å². The van der Waals surface area contributed by atoms with Gasteiger partial charge in [0.1, 0.15) is 0 Å². The van der Waals surface area contributed by atoms with E-state index >= 15 is 0 Å². The molecule has 0 fully saturated rings. The minimum Gasteiger partial charge on any atom is -0.308 e. The Morgan fingerprint density at radius 2 is 1.07 bits per heavy atom. The third kappa shape index (κ3) is 3.89. The lowest BCUT2D eigenvalue weighted by Crippen LogP contribution is -2.02. The minimum absolute atomic E-state index is 0.716. The van der Waals surface area contributed by atoms with Crippen LogP contribution < -0.4 is 0 Å². The molecule has 0 amide bonds. The summed E-state index contributed by atoms with van der Waals surface area (Å²) < 4.78 is 7.23. The lowest BCUT2D eigenvalue weighted by atomic mass is 10.0. The minimum atomic E-state index is 0.716. The van der Waals surface area contributed by atoms with Crippen LogP contribution in [0.15, 0.2) is 170 Å². The van der Waals surface area contributed by atoms with Gasteiger partial charge in [0, 0.05) is 53.4 Å². The smallest absolute Gasteiger partial charge is 0.162 e. The van der Waals surface area contributed by atoms with Crippen molar-refractivity contribution < 1.29 is 0 Å². The van der Waals surface area contributed by atoms with E-state index in [1.54, 1.807) is 11.3 Å². The molecule has 254 valence electrons. The fourth-order valence-electron chi connectivity index (χ4n) is 9.29. The summed E-state index contributed by atoms with van der Waals surface area (Å²) in [6.45, 7) is 0.